The Morgan fingerprint density at radius 1 is 1.37 bits per heavy atom. The van der Waals surface area contributed by atoms with Crippen LogP contribution in [0.1, 0.15) is 0 Å². The maximum atomic E-state index is 8.97. The molecule has 4 N–H and O–H groups in total. The number of nitrogens with one attached hydrogen (secondary N) is 1. The van der Waals surface area contributed by atoms with Crippen molar-refractivity contribution in [3.05, 3.63) is 23.4 Å². The minimum Gasteiger partial charge on any atom is -0.354 e. The van der Waals surface area contributed by atoms with Crippen molar-refractivity contribution in [3.63, 3.8) is 0 Å². The number of hydrogen-bond acceptors (Lipinski definition) is 5. The number of hydrogen-bond donors (Lipinski definition) is 3. The molecule has 0 unspecified atom stereocenters. The van der Waals surface area contributed by atoms with E-state index in [0.717, 1.165) is 32.0 Å². The molecule has 0 radical (unpaired) electrons. The predicted molar refractivity (Wildman–Crippen MR) is 77.3 cm³/mol. The molecular weight excluding hydrogens is 315 g/mol. The van der Waals surface area contributed by atoms with Gasteiger partial charge in [0.05, 0.1) is 5.02 Å². The monoisotopic (exact) mass is 330 g/mol. The molecule has 2 heterocycles. The zero-order chi connectivity index (χ0) is 13.6. The molecule has 0 bridgehead atoms. The minimum absolute atomic E-state index is 0. The summed E-state index contributed by atoms with van der Waals surface area (Å²) >= 11 is 5.76. The minimum atomic E-state index is -4.17. The van der Waals surface area contributed by atoms with Crippen LogP contribution in [0.3, 0.4) is 0 Å². The average molecular weight is 331 g/mol. The van der Waals surface area contributed by atoms with E-state index in [1.165, 1.54) is 0 Å². The van der Waals surface area contributed by atoms with Crippen molar-refractivity contribution < 1.29 is 13.0 Å². The van der Waals surface area contributed by atoms with Gasteiger partial charge in [0.25, 0.3) is 0 Å². The largest absolute Gasteiger partial charge is 0.354 e. The lowest BCUT2D eigenvalue weighted by Gasteiger charge is -2.28. The maximum Gasteiger partial charge on any atom is 0.330 e. The van der Waals surface area contributed by atoms with Crippen LogP contribution >= 0.6 is 24.0 Å². The third-order valence-corrected chi connectivity index (χ3v) is 2.38. The topological polar surface area (TPSA) is 109 Å². The van der Waals surface area contributed by atoms with E-state index in [0.29, 0.717) is 5.02 Å². The van der Waals surface area contributed by atoms with Crippen molar-refractivity contribution in [2.24, 2.45) is 5.14 Å². The second-order valence-corrected chi connectivity index (χ2v) is 5.05. The Morgan fingerprint density at radius 2 is 1.89 bits per heavy atom. The third kappa shape index (κ3) is 8.98. The molecule has 0 aromatic carbocycles. The summed E-state index contributed by atoms with van der Waals surface area (Å²) in [4.78, 5) is 6.52. The van der Waals surface area contributed by atoms with Crippen LogP contribution in [-0.2, 0) is 10.3 Å². The normalized spacial score (nSPS) is 15.0. The smallest absolute Gasteiger partial charge is 0.330 e. The molecule has 10 heteroatoms. The second kappa shape index (κ2) is 8.51. The van der Waals surface area contributed by atoms with Gasteiger partial charge in [0.15, 0.2) is 0 Å². The highest BCUT2D eigenvalue weighted by Gasteiger charge is 2.10. The molecule has 0 amide bonds. The summed E-state index contributed by atoms with van der Waals surface area (Å²) < 4.78 is 25.2. The third-order valence-electron chi connectivity index (χ3n) is 2.15. The Morgan fingerprint density at radius 3 is 2.32 bits per heavy atom. The van der Waals surface area contributed by atoms with E-state index >= 15 is 0 Å². The lowest BCUT2D eigenvalue weighted by Crippen LogP contribution is -2.43. The Balaban J connectivity index is 0.000000471. The van der Waals surface area contributed by atoms with Crippen molar-refractivity contribution in [1.29, 1.82) is 0 Å². The van der Waals surface area contributed by atoms with Gasteiger partial charge in [-0.05, 0) is 12.1 Å². The van der Waals surface area contributed by atoms with Crippen molar-refractivity contribution in [3.8, 4) is 0 Å². The number of aromatic nitrogens is 1. The molecule has 1 aromatic heterocycles. The lowest BCUT2D eigenvalue weighted by molar-refractivity contribution is 0.485. The van der Waals surface area contributed by atoms with Gasteiger partial charge in [-0.25, -0.2) is 10.1 Å². The van der Waals surface area contributed by atoms with E-state index in [4.69, 9.17) is 24.6 Å². The first-order chi connectivity index (χ1) is 8.36. The van der Waals surface area contributed by atoms with Gasteiger partial charge in [-0.1, -0.05) is 11.6 Å². The van der Waals surface area contributed by atoms with Crippen LogP contribution in [0.15, 0.2) is 18.3 Å². The molecule has 1 aliphatic rings. The van der Waals surface area contributed by atoms with Gasteiger partial charge in [-0.15, -0.1) is 12.4 Å². The van der Waals surface area contributed by atoms with E-state index in [1.807, 2.05) is 12.1 Å². The van der Waals surface area contributed by atoms with Gasteiger partial charge >= 0.3 is 10.3 Å². The zero-order valence-electron chi connectivity index (χ0n) is 9.99. The average Bonchev–Trinajstić information content (AvgIpc) is 2.29. The number of nitrogens with two attached hydrogens (primary N) is 1. The first-order valence-corrected chi connectivity index (χ1v) is 7.07. The summed E-state index contributed by atoms with van der Waals surface area (Å²) in [7, 11) is -4.17. The molecule has 0 atom stereocenters. The Bertz CT molecular complexity index is 455. The molecule has 1 aliphatic heterocycles. The maximum absolute atomic E-state index is 8.97. The highest BCUT2D eigenvalue weighted by molar-refractivity contribution is 7.83. The van der Waals surface area contributed by atoms with E-state index in [1.54, 1.807) is 6.20 Å². The van der Waals surface area contributed by atoms with Crippen LogP contribution < -0.4 is 15.4 Å². The van der Waals surface area contributed by atoms with Crippen molar-refractivity contribution in [2.75, 3.05) is 31.1 Å². The number of piperazine rings is 1. The highest BCUT2D eigenvalue weighted by Crippen LogP contribution is 2.14. The molecular formula is C9H16Cl2N4O3S. The molecule has 0 spiro atoms. The first kappa shape index (κ1) is 18.4. The lowest BCUT2D eigenvalue weighted by atomic mass is 10.3. The van der Waals surface area contributed by atoms with Crippen LogP contribution in [0.5, 0.6) is 0 Å². The van der Waals surface area contributed by atoms with E-state index in [-0.39, 0.29) is 12.4 Å². The van der Waals surface area contributed by atoms with E-state index in [9.17, 15) is 0 Å². The molecule has 0 saturated carbocycles. The van der Waals surface area contributed by atoms with Crippen LogP contribution in [0.4, 0.5) is 5.82 Å². The molecule has 1 fully saturated rings. The van der Waals surface area contributed by atoms with Gasteiger partial charge < -0.3 is 10.2 Å². The summed E-state index contributed by atoms with van der Waals surface area (Å²) in [5.74, 6) is 1.02. The number of anilines is 1. The molecule has 110 valence electrons. The molecule has 7 nitrogen and oxygen atoms in total. The number of pyridine rings is 1. The fourth-order valence-corrected chi connectivity index (χ4v) is 1.56. The number of nitrogens with zero attached hydrogens (tertiary/aromatic N) is 2. The van der Waals surface area contributed by atoms with Crippen LogP contribution in [0, 0.1) is 0 Å². The quantitative estimate of drug-likeness (QED) is 0.639. The van der Waals surface area contributed by atoms with Crippen LogP contribution in [0.2, 0.25) is 5.02 Å². The Labute approximate surface area is 123 Å². The molecule has 19 heavy (non-hydrogen) atoms. The fourth-order valence-electron chi connectivity index (χ4n) is 1.45. The Kier molecular flexibility index (Phi) is 8.23. The SMILES string of the molecule is Cl.Clc1ccc(N2CCNCC2)nc1.NS(=O)(=O)O. The Hall–Kier alpha value is -0.640. The number of rotatable bonds is 1. The molecule has 1 aromatic rings. The van der Waals surface area contributed by atoms with Crippen molar-refractivity contribution >= 4 is 40.1 Å². The molecule has 1 saturated heterocycles. The van der Waals surface area contributed by atoms with Crippen LogP contribution in [-0.4, -0.2) is 44.1 Å². The summed E-state index contributed by atoms with van der Waals surface area (Å²) in [5, 5.41) is 7.88. The van der Waals surface area contributed by atoms with Crippen LogP contribution in [0.25, 0.3) is 0 Å². The van der Waals surface area contributed by atoms with Gasteiger partial charge in [-0.3, -0.25) is 4.55 Å². The van der Waals surface area contributed by atoms with Gasteiger partial charge in [0, 0.05) is 32.4 Å². The summed E-state index contributed by atoms with van der Waals surface area (Å²) in [6.07, 6.45) is 1.69. The zero-order valence-corrected chi connectivity index (χ0v) is 12.4. The first-order valence-electron chi connectivity index (χ1n) is 5.18. The van der Waals surface area contributed by atoms with Gasteiger partial charge in [0.1, 0.15) is 5.82 Å². The fraction of sp³-hybridized carbons (Fsp3) is 0.444. The molecule has 2 rings (SSSR count). The predicted octanol–water partition coefficient (Wildman–Crippen LogP) is 0.314. The number of halogens is 2. The van der Waals surface area contributed by atoms with Crippen molar-refractivity contribution in [1.82, 2.24) is 10.3 Å². The van der Waals surface area contributed by atoms with Crippen molar-refractivity contribution in [2.45, 2.75) is 0 Å². The summed E-state index contributed by atoms with van der Waals surface area (Å²) in [6, 6.07) is 3.85. The summed E-state index contributed by atoms with van der Waals surface area (Å²) in [6.45, 7) is 4.11. The standard InChI is InChI=1S/C9H12ClN3.ClH.H3NO3S/c10-8-1-2-9(12-7-8)13-5-3-11-4-6-13;;1-5(2,3)4/h1-2,7,11H,3-6H2;1H;(H3,1,2,3,4). The second-order valence-electron chi connectivity index (χ2n) is 3.59. The van der Waals surface area contributed by atoms with E-state index in [2.05, 4.69) is 20.3 Å². The van der Waals surface area contributed by atoms with Gasteiger partial charge in [0.2, 0.25) is 0 Å². The van der Waals surface area contributed by atoms with Gasteiger partial charge in [-0.2, -0.15) is 8.42 Å². The molecule has 0 aliphatic carbocycles. The highest BCUT2D eigenvalue weighted by atomic mass is 35.5. The summed E-state index contributed by atoms with van der Waals surface area (Å²) in [5.41, 5.74) is 0. The van der Waals surface area contributed by atoms with E-state index < -0.39 is 10.3 Å².